The first-order valence-corrected chi connectivity index (χ1v) is 9.38. The monoisotopic (exact) mass is 372 g/mol. The molecule has 3 rings (SSSR count). The molecular formula is C20H28N4O3. The lowest BCUT2D eigenvalue weighted by atomic mass is 9.94. The van der Waals surface area contributed by atoms with Crippen molar-refractivity contribution in [1.82, 2.24) is 19.8 Å². The van der Waals surface area contributed by atoms with Crippen LogP contribution in [0.2, 0.25) is 0 Å². The average Bonchev–Trinajstić information content (AvgIpc) is 3.18. The molecule has 1 aromatic heterocycles. The van der Waals surface area contributed by atoms with Gasteiger partial charge in [0.1, 0.15) is 0 Å². The van der Waals surface area contributed by atoms with Crippen LogP contribution in [0.4, 0.5) is 0 Å². The number of nitrogens with one attached hydrogen (secondary N) is 1. The first kappa shape index (κ1) is 19.5. The summed E-state index contributed by atoms with van der Waals surface area (Å²) in [5.41, 5.74) is 0.490. The Labute approximate surface area is 160 Å². The summed E-state index contributed by atoms with van der Waals surface area (Å²) >= 11 is 0. The van der Waals surface area contributed by atoms with Crippen molar-refractivity contribution in [2.75, 3.05) is 26.4 Å². The zero-order valence-corrected chi connectivity index (χ0v) is 16.0. The van der Waals surface area contributed by atoms with Crippen LogP contribution >= 0.6 is 0 Å². The Balaban J connectivity index is 1.76. The van der Waals surface area contributed by atoms with Gasteiger partial charge in [-0.25, -0.2) is 4.98 Å². The highest BCUT2D eigenvalue weighted by atomic mass is 16.5. The maximum Gasteiger partial charge on any atom is 0.287 e. The number of ether oxygens (including phenoxy) is 1. The summed E-state index contributed by atoms with van der Waals surface area (Å²) < 4.78 is 7.55. The van der Waals surface area contributed by atoms with Crippen LogP contribution in [0.3, 0.4) is 0 Å². The zero-order valence-electron chi connectivity index (χ0n) is 16.0. The number of morpholine rings is 1. The van der Waals surface area contributed by atoms with Crippen LogP contribution in [0, 0.1) is 0 Å². The highest BCUT2D eigenvalue weighted by molar-refractivity contribution is 5.90. The number of carbonyl (C=O) groups is 1. The molecule has 2 atom stereocenters. The predicted octanol–water partition coefficient (Wildman–Crippen LogP) is 1.28. The van der Waals surface area contributed by atoms with E-state index >= 15 is 0 Å². The molecule has 0 radical (unpaired) electrons. The molecule has 1 fully saturated rings. The molecule has 0 spiro atoms. The lowest BCUT2D eigenvalue weighted by Crippen LogP contribution is -2.66. The summed E-state index contributed by atoms with van der Waals surface area (Å²) in [6.07, 6.45) is 3.40. The van der Waals surface area contributed by atoms with Crippen LogP contribution < -0.4 is 5.32 Å². The van der Waals surface area contributed by atoms with Crippen LogP contribution in [0.25, 0.3) is 0 Å². The first-order valence-electron chi connectivity index (χ1n) is 9.38. The molecule has 0 saturated carbocycles. The number of imidazole rings is 1. The van der Waals surface area contributed by atoms with Crippen LogP contribution in [0.15, 0.2) is 42.7 Å². The number of carbonyl (C=O) groups excluding carboxylic acids is 1. The van der Waals surface area contributed by atoms with Gasteiger partial charge in [0.25, 0.3) is 5.91 Å². The van der Waals surface area contributed by atoms with E-state index in [1.165, 1.54) is 0 Å². The van der Waals surface area contributed by atoms with E-state index in [2.05, 4.69) is 34.3 Å². The van der Waals surface area contributed by atoms with E-state index in [0.29, 0.717) is 32.1 Å². The molecule has 146 valence electrons. The van der Waals surface area contributed by atoms with Crippen molar-refractivity contribution in [2.45, 2.75) is 38.5 Å². The summed E-state index contributed by atoms with van der Waals surface area (Å²) in [5, 5.41) is 13.2. The first-order chi connectivity index (χ1) is 13.1. The van der Waals surface area contributed by atoms with Gasteiger partial charge in [-0.15, -0.1) is 0 Å². The third-order valence-corrected chi connectivity index (χ3v) is 5.20. The minimum atomic E-state index is -0.674. The lowest BCUT2D eigenvalue weighted by Gasteiger charge is -2.49. The minimum absolute atomic E-state index is 0.104. The standard InChI is InChI=1S/C20H28N4O3/c1-3-23-10-9-21-18(23)19(26)22-13-20(14-25)15-27-12-16(2)24(20)11-17-7-5-4-6-8-17/h4-10,16,25H,3,11-15H2,1-2H3,(H,22,26)/t16-,20+/m1/s1. The number of rotatable bonds is 7. The predicted molar refractivity (Wildman–Crippen MR) is 102 cm³/mol. The number of aliphatic hydroxyl groups is 1. The molecule has 2 heterocycles. The van der Waals surface area contributed by atoms with E-state index in [9.17, 15) is 9.90 Å². The second kappa shape index (κ2) is 8.65. The number of aliphatic hydroxyl groups excluding tert-OH is 1. The van der Waals surface area contributed by atoms with Crippen molar-refractivity contribution in [2.24, 2.45) is 0 Å². The van der Waals surface area contributed by atoms with Crippen molar-refractivity contribution in [1.29, 1.82) is 0 Å². The van der Waals surface area contributed by atoms with Gasteiger partial charge in [-0.2, -0.15) is 0 Å². The van der Waals surface area contributed by atoms with E-state index in [-0.39, 0.29) is 25.1 Å². The third kappa shape index (κ3) is 4.21. The maximum atomic E-state index is 12.6. The largest absolute Gasteiger partial charge is 0.394 e. The molecule has 1 aliphatic rings. The fraction of sp³-hybridized carbons (Fsp3) is 0.500. The summed E-state index contributed by atoms with van der Waals surface area (Å²) in [5.74, 6) is 0.137. The molecule has 1 aliphatic heterocycles. The van der Waals surface area contributed by atoms with Gasteiger partial charge < -0.3 is 19.7 Å². The molecular weight excluding hydrogens is 344 g/mol. The van der Waals surface area contributed by atoms with E-state index in [4.69, 9.17) is 4.74 Å². The Kier molecular flexibility index (Phi) is 6.26. The molecule has 2 N–H and O–H groups in total. The van der Waals surface area contributed by atoms with Gasteiger partial charge >= 0.3 is 0 Å². The summed E-state index contributed by atoms with van der Waals surface area (Å²) in [7, 11) is 0. The Morgan fingerprint density at radius 2 is 2.19 bits per heavy atom. The summed E-state index contributed by atoms with van der Waals surface area (Å²) in [6, 6.07) is 10.3. The number of benzene rings is 1. The van der Waals surface area contributed by atoms with E-state index in [1.54, 1.807) is 17.0 Å². The van der Waals surface area contributed by atoms with E-state index in [1.807, 2.05) is 25.1 Å². The van der Waals surface area contributed by atoms with Gasteiger partial charge in [0.05, 0.1) is 25.4 Å². The average molecular weight is 372 g/mol. The smallest absolute Gasteiger partial charge is 0.287 e. The summed E-state index contributed by atoms with van der Waals surface area (Å²) in [4.78, 5) is 19.0. The van der Waals surface area contributed by atoms with Crippen molar-refractivity contribution in [3.63, 3.8) is 0 Å². The molecule has 1 saturated heterocycles. The number of nitrogens with zero attached hydrogens (tertiary/aromatic N) is 3. The van der Waals surface area contributed by atoms with Gasteiger partial charge in [0.15, 0.2) is 5.82 Å². The molecule has 27 heavy (non-hydrogen) atoms. The minimum Gasteiger partial charge on any atom is -0.394 e. The highest BCUT2D eigenvalue weighted by Gasteiger charge is 2.43. The number of hydrogen-bond donors (Lipinski definition) is 2. The Hall–Kier alpha value is -2.22. The molecule has 1 amide bonds. The van der Waals surface area contributed by atoms with E-state index in [0.717, 1.165) is 5.56 Å². The summed E-state index contributed by atoms with van der Waals surface area (Å²) in [6.45, 7) is 6.55. The molecule has 0 unspecified atom stereocenters. The van der Waals surface area contributed by atoms with Crippen LogP contribution in [-0.2, 0) is 17.8 Å². The second-order valence-electron chi connectivity index (χ2n) is 7.08. The fourth-order valence-corrected chi connectivity index (χ4v) is 3.61. The van der Waals surface area contributed by atoms with Crippen molar-refractivity contribution in [3.05, 3.63) is 54.1 Å². The van der Waals surface area contributed by atoms with Crippen molar-refractivity contribution in [3.8, 4) is 0 Å². The van der Waals surface area contributed by atoms with Gasteiger partial charge in [-0.05, 0) is 19.4 Å². The lowest BCUT2D eigenvalue weighted by molar-refractivity contribution is -0.121. The van der Waals surface area contributed by atoms with Gasteiger partial charge in [0.2, 0.25) is 0 Å². The quantitative estimate of drug-likeness (QED) is 0.766. The topological polar surface area (TPSA) is 79.6 Å². The molecule has 0 bridgehead atoms. The van der Waals surface area contributed by atoms with Gasteiger partial charge in [0, 0.05) is 38.1 Å². The molecule has 2 aromatic rings. The van der Waals surface area contributed by atoms with Gasteiger partial charge in [-0.1, -0.05) is 30.3 Å². The number of amides is 1. The molecule has 7 nitrogen and oxygen atoms in total. The zero-order chi connectivity index (χ0) is 19.3. The Morgan fingerprint density at radius 1 is 1.41 bits per heavy atom. The normalized spacial score (nSPS) is 23.3. The Bertz CT molecular complexity index is 749. The number of hydrogen-bond acceptors (Lipinski definition) is 5. The SMILES string of the molecule is CCn1ccnc1C(=O)NC[C@]1(CO)COC[C@@H](C)N1Cc1ccccc1. The van der Waals surface area contributed by atoms with Crippen LogP contribution in [-0.4, -0.2) is 63.4 Å². The van der Waals surface area contributed by atoms with Gasteiger partial charge in [-0.3, -0.25) is 9.69 Å². The molecule has 0 aliphatic carbocycles. The molecule has 1 aromatic carbocycles. The Morgan fingerprint density at radius 3 is 2.89 bits per heavy atom. The van der Waals surface area contributed by atoms with E-state index < -0.39 is 5.54 Å². The maximum absolute atomic E-state index is 12.6. The van der Waals surface area contributed by atoms with Crippen LogP contribution in [0.1, 0.15) is 30.0 Å². The fourth-order valence-electron chi connectivity index (χ4n) is 3.61. The molecule has 7 heteroatoms. The van der Waals surface area contributed by atoms with Crippen molar-refractivity contribution < 1.29 is 14.6 Å². The number of aromatic nitrogens is 2. The second-order valence-corrected chi connectivity index (χ2v) is 7.08. The third-order valence-electron chi connectivity index (χ3n) is 5.20. The van der Waals surface area contributed by atoms with Crippen LogP contribution in [0.5, 0.6) is 0 Å². The highest BCUT2D eigenvalue weighted by Crippen LogP contribution is 2.26. The number of aryl methyl sites for hydroxylation is 1. The van der Waals surface area contributed by atoms with Crippen molar-refractivity contribution >= 4 is 5.91 Å².